The van der Waals surface area contributed by atoms with Gasteiger partial charge in [0.2, 0.25) is 5.91 Å². The van der Waals surface area contributed by atoms with Crippen molar-refractivity contribution in [3.05, 3.63) is 73.0 Å². The Kier molecular flexibility index (Phi) is 5.99. The first-order chi connectivity index (χ1) is 15.3. The lowest BCUT2D eigenvalue weighted by Crippen LogP contribution is -2.28. The molecule has 3 aromatic heterocycles. The van der Waals surface area contributed by atoms with Crippen molar-refractivity contribution < 1.29 is 22.7 Å². The molecule has 0 N–H and O–H groups in total. The Morgan fingerprint density at radius 3 is 2.75 bits per heavy atom. The Balaban J connectivity index is 1.50. The second kappa shape index (κ2) is 8.87. The number of likely N-dealkylation sites (tertiary alicyclic amines) is 1. The average molecular weight is 444 g/mol. The predicted molar refractivity (Wildman–Crippen MR) is 107 cm³/mol. The average Bonchev–Trinajstić information content (AvgIpc) is 3.45. The maximum Gasteiger partial charge on any atom is 0.417 e. The SMILES string of the molecule is C=CC(=O)N1C[C@@H](n2cc(-c3cccnc3)nn2)[C@H](OCc2ccc(C(F)(F)F)cn2)C1. The van der Waals surface area contributed by atoms with Gasteiger partial charge in [-0.2, -0.15) is 13.2 Å². The second-order valence-corrected chi connectivity index (χ2v) is 7.23. The standard InChI is InChI=1S/C21H19F3N6O2/c1-2-20(31)29-11-18(30-10-17(27-28-30)14-4-3-7-25-8-14)19(12-29)32-13-16-6-5-15(9-26-16)21(22,23)24/h2-10,18-19H,1,11-13H2/t18-,19-/m1/s1. The third-order valence-electron chi connectivity index (χ3n) is 5.13. The van der Waals surface area contributed by atoms with Crippen LogP contribution in [0, 0.1) is 0 Å². The first kappa shape index (κ1) is 21.6. The van der Waals surface area contributed by atoms with E-state index in [0.29, 0.717) is 17.9 Å². The van der Waals surface area contributed by atoms with E-state index < -0.39 is 17.8 Å². The predicted octanol–water partition coefficient (Wildman–Crippen LogP) is 2.91. The van der Waals surface area contributed by atoms with Gasteiger partial charge in [0.15, 0.2) is 0 Å². The number of carbonyl (C=O) groups excluding carboxylic acids is 1. The number of aromatic nitrogens is 5. The van der Waals surface area contributed by atoms with Crippen molar-refractivity contribution in [2.24, 2.45) is 0 Å². The van der Waals surface area contributed by atoms with Crippen LogP contribution in [0.2, 0.25) is 0 Å². The summed E-state index contributed by atoms with van der Waals surface area (Å²) in [7, 11) is 0. The van der Waals surface area contributed by atoms with Gasteiger partial charge in [0.1, 0.15) is 5.69 Å². The van der Waals surface area contributed by atoms with Crippen molar-refractivity contribution in [2.75, 3.05) is 13.1 Å². The van der Waals surface area contributed by atoms with Crippen molar-refractivity contribution >= 4 is 5.91 Å². The first-order valence-electron chi connectivity index (χ1n) is 9.72. The van der Waals surface area contributed by atoms with Crippen LogP contribution < -0.4 is 0 Å². The molecule has 0 unspecified atom stereocenters. The van der Waals surface area contributed by atoms with Crippen molar-refractivity contribution in [3.63, 3.8) is 0 Å². The number of carbonyl (C=O) groups is 1. The van der Waals surface area contributed by atoms with Gasteiger partial charge in [-0.05, 0) is 30.3 Å². The van der Waals surface area contributed by atoms with E-state index in [9.17, 15) is 18.0 Å². The lowest BCUT2D eigenvalue weighted by atomic mass is 10.2. The Morgan fingerprint density at radius 1 is 1.25 bits per heavy atom. The molecule has 166 valence electrons. The summed E-state index contributed by atoms with van der Waals surface area (Å²) >= 11 is 0. The monoisotopic (exact) mass is 444 g/mol. The van der Waals surface area contributed by atoms with Crippen molar-refractivity contribution in [2.45, 2.75) is 24.9 Å². The molecule has 0 aromatic carbocycles. The van der Waals surface area contributed by atoms with Crippen molar-refractivity contribution in [1.82, 2.24) is 29.9 Å². The number of hydrogen-bond donors (Lipinski definition) is 0. The first-order valence-corrected chi connectivity index (χ1v) is 9.72. The molecule has 3 aromatic rings. The van der Waals surface area contributed by atoms with Crippen LogP contribution in [0.4, 0.5) is 13.2 Å². The van der Waals surface area contributed by atoms with E-state index in [-0.39, 0.29) is 25.1 Å². The molecule has 4 rings (SSSR count). The normalized spacial score (nSPS) is 18.7. The second-order valence-electron chi connectivity index (χ2n) is 7.23. The fraction of sp³-hybridized carbons (Fsp3) is 0.286. The van der Waals surface area contributed by atoms with E-state index in [1.165, 1.54) is 12.1 Å². The highest BCUT2D eigenvalue weighted by atomic mass is 19.4. The lowest BCUT2D eigenvalue weighted by molar-refractivity contribution is -0.137. The number of nitrogens with zero attached hydrogens (tertiary/aromatic N) is 6. The molecule has 4 heterocycles. The molecule has 1 aliphatic rings. The van der Waals surface area contributed by atoms with E-state index >= 15 is 0 Å². The molecule has 1 fully saturated rings. The van der Waals surface area contributed by atoms with Gasteiger partial charge in [-0.3, -0.25) is 14.8 Å². The third kappa shape index (κ3) is 4.67. The van der Waals surface area contributed by atoms with Crippen LogP contribution >= 0.6 is 0 Å². The molecule has 0 bridgehead atoms. The Morgan fingerprint density at radius 2 is 2.09 bits per heavy atom. The van der Waals surface area contributed by atoms with Gasteiger partial charge in [0.25, 0.3) is 0 Å². The summed E-state index contributed by atoms with van der Waals surface area (Å²) in [5.74, 6) is -0.249. The molecule has 0 aliphatic carbocycles. The van der Waals surface area contributed by atoms with Crippen molar-refractivity contribution in [1.29, 1.82) is 0 Å². The van der Waals surface area contributed by atoms with E-state index in [0.717, 1.165) is 17.8 Å². The minimum atomic E-state index is -4.45. The fourth-order valence-electron chi connectivity index (χ4n) is 3.44. The molecule has 11 heteroatoms. The van der Waals surface area contributed by atoms with Crippen LogP contribution in [0.1, 0.15) is 17.3 Å². The van der Waals surface area contributed by atoms with Gasteiger partial charge >= 0.3 is 6.18 Å². The van der Waals surface area contributed by atoms with Gasteiger partial charge in [0.05, 0.1) is 36.2 Å². The van der Waals surface area contributed by atoms with Crippen molar-refractivity contribution in [3.8, 4) is 11.3 Å². The molecule has 2 atom stereocenters. The largest absolute Gasteiger partial charge is 0.417 e. The van der Waals surface area contributed by atoms with E-state index in [4.69, 9.17) is 4.74 Å². The Labute approximate surface area is 181 Å². The summed E-state index contributed by atoms with van der Waals surface area (Å²) in [5, 5.41) is 8.37. The van der Waals surface area contributed by atoms with Gasteiger partial charge in [-0.1, -0.05) is 11.8 Å². The molecule has 32 heavy (non-hydrogen) atoms. The molecular formula is C21H19F3N6O2. The highest BCUT2D eigenvalue weighted by Crippen LogP contribution is 2.29. The number of alkyl halides is 3. The summed E-state index contributed by atoms with van der Waals surface area (Å²) < 4.78 is 45.8. The third-order valence-corrected chi connectivity index (χ3v) is 5.13. The molecular weight excluding hydrogens is 425 g/mol. The zero-order valence-corrected chi connectivity index (χ0v) is 16.8. The molecule has 1 amide bonds. The smallest absolute Gasteiger partial charge is 0.368 e. The highest BCUT2D eigenvalue weighted by molar-refractivity contribution is 5.87. The van der Waals surface area contributed by atoms with Crippen LogP contribution in [0.3, 0.4) is 0 Å². The quantitative estimate of drug-likeness (QED) is 0.544. The van der Waals surface area contributed by atoms with Gasteiger partial charge in [-0.15, -0.1) is 5.10 Å². The molecule has 1 saturated heterocycles. The van der Waals surface area contributed by atoms with Gasteiger partial charge in [-0.25, -0.2) is 4.68 Å². The Bertz CT molecular complexity index is 1080. The molecule has 8 nitrogen and oxygen atoms in total. The Hall–Kier alpha value is -3.60. The summed E-state index contributed by atoms with van der Waals surface area (Å²) in [4.78, 5) is 21.6. The lowest BCUT2D eigenvalue weighted by Gasteiger charge is -2.18. The van der Waals surface area contributed by atoms with Crippen LogP contribution in [0.5, 0.6) is 0 Å². The van der Waals surface area contributed by atoms with Gasteiger partial charge in [0, 0.05) is 37.2 Å². The van der Waals surface area contributed by atoms with E-state index in [2.05, 4.69) is 26.9 Å². The van der Waals surface area contributed by atoms with E-state index in [1.807, 2.05) is 6.07 Å². The summed E-state index contributed by atoms with van der Waals surface area (Å²) in [6, 6.07) is 5.54. The van der Waals surface area contributed by atoms with Crippen LogP contribution in [0.15, 0.2) is 61.7 Å². The zero-order chi connectivity index (χ0) is 22.7. The molecule has 0 radical (unpaired) electrons. The van der Waals surface area contributed by atoms with Crippen LogP contribution in [-0.2, 0) is 22.3 Å². The molecule has 0 spiro atoms. The number of hydrogen-bond acceptors (Lipinski definition) is 6. The fourth-order valence-corrected chi connectivity index (χ4v) is 3.44. The van der Waals surface area contributed by atoms with E-state index in [1.54, 1.807) is 34.2 Å². The number of rotatable bonds is 6. The number of amides is 1. The number of pyridine rings is 2. The summed E-state index contributed by atoms with van der Waals surface area (Å²) in [6.45, 7) is 4.10. The zero-order valence-electron chi connectivity index (χ0n) is 16.8. The molecule has 0 saturated carbocycles. The maximum atomic E-state index is 12.7. The number of ether oxygens (including phenoxy) is 1. The highest BCUT2D eigenvalue weighted by Gasteiger charge is 2.37. The van der Waals surface area contributed by atoms with Gasteiger partial charge < -0.3 is 9.64 Å². The minimum absolute atomic E-state index is 0.0143. The van der Waals surface area contributed by atoms with Crippen LogP contribution in [-0.4, -0.2) is 55.0 Å². The summed E-state index contributed by atoms with van der Waals surface area (Å²) in [5.41, 5.74) is 0.935. The minimum Gasteiger partial charge on any atom is -0.368 e. The summed E-state index contributed by atoms with van der Waals surface area (Å²) in [6.07, 6.45) is 2.15. The topological polar surface area (TPSA) is 86.0 Å². The van der Waals surface area contributed by atoms with Crippen LogP contribution in [0.25, 0.3) is 11.3 Å². The maximum absolute atomic E-state index is 12.7. The number of halogens is 3. The molecule has 1 aliphatic heterocycles.